The van der Waals surface area contributed by atoms with Crippen molar-refractivity contribution in [2.24, 2.45) is 0 Å². The molecule has 1 fully saturated rings. The van der Waals surface area contributed by atoms with E-state index in [4.69, 9.17) is 4.74 Å². The van der Waals surface area contributed by atoms with E-state index in [1.807, 2.05) is 6.92 Å². The third-order valence-corrected chi connectivity index (χ3v) is 3.91. The maximum absolute atomic E-state index is 13.2. The van der Waals surface area contributed by atoms with Crippen LogP contribution in [0.15, 0.2) is 18.2 Å². The van der Waals surface area contributed by atoms with Gasteiger partial charge in [-0.05, 0) is 38.0 Å². The van der Waals surface area contributed by atoms with Crippen molar-refractivity contribution in [1.29, 1.82) is 0 Å². The van der Waals surface area contributed by atoms with Gasteiger partial charge < -0.3 is 15.2 Å². The van der Waals surface area contributed by atoms with Crippen molar-refractivity contribution in [1.82, 2.24) is 5.32 Å². The monoisotopic (exact) mass is 281 g/mol. The zero-order valence-electron chi connectivity index (χ0n) is 12.1. The molecular formula is C16H24FNO2. The number of nitrogens with one attached hydrogen (secondary N) is 1. The quantitative estimate of drug-likeness (QED) is 0.784. The van der Waals surface area contributed by atoms with Crippen molar-refractivity contribution >= 4 is 0 Å². The van der Waals surface area contributed by atoms with Crippen LogP contribution in [0.3, 0.4) is 0 Å². The maximum atomic E-state index is 13.2. The van der Waals surface area contributed by atoms with Gasteiger partial charge in [0.2, 0.25) is 0 Å². The number of benzene rings is 1. The summed E-state index contributed by atoms with van der Waals surface area (Å²) in [6.07, 6.45) is 6.61. The first-order valence-corrected chi connectivity index (χ1v) is 7.50. The summed E-state index contributed by atoms with van der Waals surface area (Å²) in [5.41, 5.74) is 0.586. The van der Waals surface area contributed by atoms with Crippen LogP contribution in [0.2, 0.25) is 0 Å². The van der Waals surface area contributed by atoms with E-state index in [1.165, 1.54) is 50.3 Å². The number of aromatic hydroxyl groups is 1. The van der Waals surface area contributed by atoms with E-state index in [2.05, 4.69) is 5.32 Å². The van der Waals surface area contributed by atoms with E-state index in [0.717, 1.165) is 0 Å². The van der Waals surface area contributed by atoms with Crippen molar-refractivity contribution in [3.8, 4) is 5.75 Å². The van der Waals surface area contributed by atoms with Gasteiger partial charge in [-0.1, -0.05) is 19.3 Å². The second-order valence-corrected chi connectivity index (χ2v) is 5.51. The van der Waals surface area contributed by atoms with E-state index in [1.54, 1.807) is 0 Å². The van der Waals surface area contributed by atoms with Gasteiger partial charge in [-0.2, -0.15) is 0 Å². The molecule has 3 nitrogen and oxygen atoms in total. The zero-order valence-corrected chi connectivity index (χ0v) is 12.1. The zero-order chi connectivity index (χ0) is 14.4. The van der Waals surface area contributed by atoms with Crippen molar-refractivity contribution < 1.29 is 14.2 Å². The van der Waals surface area contributed by atoms with E-state index in [-0.39, 0.29) is 17.6 Å². The summed E-state index contributed by atoms with van der Waals surface area (Å²) in [5, 5.41) is 13.0. The van der Waals surface area contributed by atoms with Crippen molar-refractivity contribution in [3.63, 3.8) is 0 Å². The summed E-state index contributed by atoms with van der Waals surface area (Å²) in [4.78, 5) is 0. The molecule has 0 bridgehead atoms. The van der Waals surface area contributed by atoms with Gasteiger partial charge >= 0.3 is 0 Å². The molecule has 1 unspecified atom stereocenters. The molecule has 1 aliphatic carbocycles. The fourth-order valence-electron chi connectivity index (χ4n) is 2.71. The van der Waals surface area contributed by atoms with E-state index < -0.39 is 0 Å². The number of phenolic OH excluding ortho intramolecular Hbond substituents is 1. The average Bonchev–Trinajstić information content (AvgIpc) is 2.47. The lowest BCUT2D eigenvalue weighted by Crippen LogP contribution is -2.26. The topological polar surface area (TPSA) is 41.5 Å². The summed E-state index contributed by atoms with van der Waals surface area (Å²) in [7, 11) is 0. The summed E-state index contributed by atoms with van der Waals surface area (Å²) >= 11 is 0. The molecule has 1 aromatic carbocycles. The van der Waals surface area contributed by atoms with Gasteiger partial charge in [-0.25, -0.2) is 4.39 Å². The van der Waals surface area contributed by atoms with E-state index in [0.29, 0.717) is 24.8 Å². The Morgan fingerprint density at radius 1 is 1.35 bits per heavy atom. The van der Waals surface area contributed by atoms with Crippen LogP contribution >= 0.6 is 0 Å². The van der Waals surface area contributed by atoms with Crippen LogP contribution in [-0.4, -0.2) is 24.4 Å². The molecule has 1 saturated carbocycles. The highest BCUT2D eigenvalue weighted by atomic mass is 19.1. The fourth-order valence-corrected chi connectivity index (χ4v) is 2.71. The van der Waals surface area contributed by atoms with E-state index in [9.17, 15) is 9.50 Å². The van der Waals surface area contributed by atoms with Crippen molar-refractivity contribution in [2.75, 3.05) is 13.2 Å². The van der Waals surface area contributed by atoms with Gasteiger partial charge in [0.25, 0.3) is 0 Å². The molecule has 1 aliphatic rings. The van der Waals surface area contributed by atoms with Gasteiger partial charge in [0.15, 0.2) is 0 Å². The summed E-state index contributed by atoms with van der Waals surface area (Å²) in [6.45, 7) is 3.27. The standard InChI is InChI=1S/C16H24FNO2/c1-12(15-11-13(17)7-8-16(15)19)18-9-10-20-14-5-3-2-4-6-14/h7-8,11-12,14,18-19H,2-6,9-10H2,1H3. The van der Waals surface area contributed by atoms with E-state index >= 15 is 0 Å². The second kappa shape index (κ2) is 7.60. The first kappa shape index (κ1) is 15.3. The molecule has 2 rings (SSSR count). The molecule has 0 aromatic heterocycles. The highest BCUT2D eigenvalue weighted by Crippen LogP contribution is 2.24. The lowest BCUT2D eigenvalue weighted by molar-refractivity contribution is 0.0295. The van der Waals surface area contributed by atoms with Gasteiger partial charge in [0.05, 0.1) is 12.7 Å². The minimum atomic E-state index is -0.329. The third kappa shape index (κ3) is 4.46. The molecule has 1 aromatic rings. The van der Waals surface area contributed by atoms with Crippen LogP contribution in [0, 0.1) is 5.82 Å². The minimum Gasteiger partial charge on any atom is -0.508 e. The van der Waals surface area contributed by atoms with Crippen LogP contribution in [0.5, 0.6) is 5.75 Å². The van der Waals surface area contributed by atoms with Gasteiger partial charge in [0.1, 0.15) is 11.6 Å². The third-order valence-electron chi connectivity index (χ3n) is 3.91. The lowest BCUT2D eigenvalue weighted by Gasteiger charge is -2.22. The molecule has 20 heavy (non-hydrogen) atoms. The molecule has 0 heterocycles. The highest BCUT2D eigenvalue weighted by molar-refractivity contribution is 5.34. The van der Waals surface area contributed by atoms with Crippen LogP contribution in [-0.2, 0) is 4.74 Å². The Morgan fingerprint density at radius 2 is 2.10 bits per heavy atom. The largest absolute Gasteiger partial charge is 0.508 e. The molecule has 0 radical (unpaired) electrons. The number of ether oxygens (including phenoxy) is 1. The number of rotatable bonds is 6. The number of halogens is 1. The summed E-state index contributed by atoms with van der Waals surface area (Å²) in [6, 6.07) is 3.93. The predicted octanol–water partition coefficient (Wildman–Crippen LogP) is 3.53. The SMILES string of the molecule is CC(NCCOC1CCCCC1)c1cc(F)ccc1O. The molecular weight excluding hydrogens is 257 g/mol. The Kier molecular flexibility index (Phi) is 5.80. The maximum Gasteiger partial charge on any atom is 0.123 e. The van der Waals surface area contributed by atoms with Gasteiger partial charge in [-0.3, -0.25) is 0 Å². The minimum absolute atomic E-state index is 0.0966. The molecule has 0 saturated heterocycles. The Labute approximate surface area is 120 Å². The Bertz CT molecular complexity index is 419. The van der Waals surface area contributed by atoms with Crippen LogP contribution in [0.4, 0.5) is 4.39 Å². The number of hydrogen-bond acceptors (Lipinski definition) is 3. The normalized spacial score (nSPS) is 18.1. The smallest absolute Gasteiger partial charge is 0.123 e. The van der Waals surface area contributed by atoms with Crippen LogP contribution in [0.25, 0.3) is 0 Å². The summed E-state index contributed by atoms with van der Waals surface area (Å²) in [5.74, 6) is -0.204. The number of phenols is 1. The fraction of sp³-hybridized carbons (Fsp3) is 0.625. The second-order valence-electron chi connectivity index (χ2n) is 5.51. The molecule has 1 atom stereocenters. The van der Waals surface area contributed by atoms with Crippen molar-refractivity contribution in [2.45, 2.75) is 51.2 Å². The Balaban J connectivity index is 1.71. The first-order valence-electron chi connectivity index (χ1n) is 7.50. The van der Waals surface area contributed by atoms with Crippen LogP contribution < -0.4 is 5.32 Å². The molecule has 0 spiro atoms. The predicted molar refractivity (Wildman–Crippen MR) is 77.3 cm³/mol. The molecule has 4 heteroatoms. The number of hydrogen-bond donors (Lipinski definition) is 2. The van der Waals surface area contributed by atoms with Gasteiger partial charge in [0, 0.05) is 18.2 Å². The lowest BCUT2D eigenvalue weighted by atomic mass is 9.98. The first-order chi connectivity index (χ1) is 9.66. The van der Waals surface area contributed by atoms with Gasteiger partial charge in [-0.15, -0.1) is 0 Å². The molecule has 2 N–H and O–H groups in total. The Morgan fingerprint density at radius 3 is 2.85 bits per heavy atom. The highest BCUT2D eigenvalue weighted by Gasteiger charge is 2.14. The molecule has 0 amide bonds. The molecule has 112 valence electrons. The average molecular weight is 281 g/mol. The van der Waals surface area contributed by atoms with Crippen molar-refractivity contribution in [3.05, 3.63) is 29.6 Å². The molecule has 0 aliphatic heterocycles. The summed E-state index contributed by atoms with van der Waals surface area (Å²) < 4.78 is 19.0. The Hall–Kier alpha value is -1.13. The van der Waals surface area contributed by atoms with Crippen LogP contribution in [0.1, 0.15) is 50.6 Å².